The van der Waals surface area contributed by atoms with Crippen LogP contribution >= 0.6 is 0 Å². The van der Waals surface area contributed by atoms with Crippen molar-refractivity contribution in [3.63, 3.8) is 0 Å². The summed E-state index contributed by atoms with van der Waals surface area (Å²) in [4.78, 5) is 4.91. The molecule has 0 aliphatic rings. The van der Waals surface area contributed by atoms with E-state index in [9.17, 15) is 5.48 Å². The number of ether oxygens (including phenoxy) is 1. The van der Waals surface area contributed by atoms with Gasteiger partial charge >= 0.3 is 0 Å². The van der Waals surface area contributed by atoms with E-state index in [-0.39, 0.29) is 54.4 Å². The fraction of sp³-hybridized carbons (Fsp3) is 0.0571. The number of imidazole rings is 1. The average molecular weight is 1170 g/mol. The monoisotopic (exact) mass is 1170 g/mol. The quantitative estimate of drug-likeness (QED) is 0.101. The number of aromatic nitrogens is 4. The molecule has 6 heteroatoms. The van der Waals surface area contributed by atoms with Crippen molar-refractivity contribution in [1.29, 1.82) is 0 Å². The summed E-state index contributed by atoms with van der Waals surface area (Å²) in [6.07, 6.45) is 5.36. The van der Waals surface area contributed by atoms with Crippen LogP contribution in [0.3, 0.4) is 0 Å². The number of hydrogen-bond acceptors (Lipinski definition) is 2. The molecule has 0 aliphatic heterocycles. The van der Waals surface area contributed by atoms with Crippen LogP contribution in [-0.2, 0) is 26.5 Å². The van der Waals surface area contributed by atoms with Gasteiger partial charge in [0.25, 0.3) is 6.33 Å². The third kappa shape index (κ3) is 8.93. The van der Waals surface area contributed by atoms with Gasteiger partial charge in [-0.1, -0.05) is 231 Å². The second-order valence-corrected chi connectivity index (χ2v) is 19.3. The molecule has 76 heavy (non-hydrogen) atoms. The molecule has 368 valence electrons. The van der Waals surface area contributed by atoms with E-state index in [0.717, 1.165) is 61.0 Å². The number of fused-ring (bicyclic) bond motifs is 4. The van der Waals surface area contributed by atoms with Crippen molar-refractivity contribution in [3.8, 4) is 84.3 Å². The molecule has 0 saturated heterocycles. The van der Waals surface area contributed by atoms with E-state index in [2.05, 4.69) is 104 Å². The van der Waals surface area contributed by atoms with Crippen LogP contribution in [0.2, 0.25) is 0 Å². The molecule has 13 aromatic rings. The molecular formula is C70H50N4OPt-2. The van der Waals surface area contributed by atoms with E-state index in [1.165, 1.54) is 0 Å². The molecule has 0 amide bonds. The maximum atomic E-state index is 9.20. The Balaban J connectivity index is 0.00000724. The first-order valence-corrected chi connectivity index (χ1v) is 24.6. The van der Waals surface area contributed by atoms with Crippen molar-refractivity contribution in [2.24, 2.45) is 0 Å². The summed E-state index contributed by atoms with van der Waals surface area (Å²) in [6, 6.07) is 61.1. The van der Waals surface area contributed by atoms with Crippen molar-refractivity contribution < 1.29 is 44.1 Å². The Kier molecular flexibility index (Phi) is 9.99. The Morgan fingerprint density at radius 1 is 0.513 bits per heavy atom. The van der Waals surface area contributed by atoms with E-state index in [1.54, 1.807) is 27.3 Å². The molecular weight excluding hydrogens is 1110 g/mol. The Morgan fingerprint density at radius 3 is 1.78 bits per heavy atom. The van der Waals surface area contributed by atoms with Gasteiger partial charge in [0.1, 0.15) is 5.82 Å². The van der Waals surface area contributed by atoms with Crippen LogP contribution in [0.5, 0.6) is 11.5 Å². The Bertz CT molecular complexity index is 4660. The Labute approximate surface area is 471 Å². The van der Waals surface area contributed by atoms with E-state index >= 15 is 0 Å². The van der Waals surface area contributed by atoms with Gasteiger partial charge in [0.2, 0.25) is 0 Å². The topological polar surface area (TPSA) is 35.9 Å². The van der Waals surface area contributed by atoms with Gasteiger partial charge < -0.3 is 13.9 Å². The zero-order valence-electron chi connectivity index (χ0n) is 51.4. The van der Waals surface area contributed by atoms with E-state index in [0.29, 0.717) is 33.8 Å². The molecule has 0 atom stereocenters. The van der Waals surface area contributed by atoms with Crippen LogP contribution in [0.25, 0.3) is 106 Å². The van der Waals surface area contributed by atoms with Crippen molar-refractivity contribution in [1.82, 2.24) is 14.1 Å². The third-order valence-electron chi connectivity index (χ3n) is 13.6. The van der Waals surface area contributed by atoms with Crippen molar-refractivity contribution in [3.05, 3.63) is 273 Å². The largest absolute Gasteiger partial charge is 0.509 e. The second kappa shape index (κ2) is 20.1. The fourth-order valence-electron chi connectivity index (χ4n) is 9.93. The maximum absolute atomic E-state index is 9.20. The average Bonchev–Trinajstić information content (AvgIpc) is 1.87. The van der Waals surface area contributed by atoms with Gasteiger partial charge in [-0.3, -0.25) is 4.57 Å². The van der Waals surface area contributed by atoms with Crippen LogP contribution in [-0.4, -0.2) is 14.1 Å². The van der Waals surface area contributed by atoms with Gasteiger partial charge in [0, 0.05) is 44.3 Å². The summed E-state index contributed by atoms with van der Waals surface area (Å²) in [6.45, 7) is 6.53. The molecule has 3 aromatic heterocycles. The first kappa shape index (κ1) is 37.8. The molecule has 10 aromatic carbocycles. The van der Waals surface area contributed by atoms with Gasteiger partial charge in [-0.25, -0.2) is 4.98 Å². The van der Waals surface area contributed by atoms with Crippen LogP contribution < -0.4 is 9.30 Å². The normalized spacial score (nSPS) is 13.4. The fourth-order valence-corrected chi connectivity index (χ4v) is 9.93. The Hall–Kier alpha value is -8.89. The van der Waals surface area contributed by atoms with Gasteiger partial charge in [-0.15, -0.1) is 23.6 Å². The second-order valence-electron chi connectivity index (χ2n) is 19.3. The predicted octanol–water partition coefficient (Wildman–Crippen LogP) is 17.2. The van der Waals surface area contributed by atoms with Gasteiger partial charge in [0.15, 0.2) is 0 Å². The zero-order chi connectivity index (χ0) is 59.2. The molecule has 5 nitrogen and oxygen atoms in total. The first-order chi connectivity index (χ1) is 41.0. The first-order valence-electron chi connectivity index (χ1n) is 29.6. The van der Waals surface area contributed by atoms with E-state index in [4.69, 9.17) is 17.9 Å². The number of pyridine rings is 1. The number of hydrogen-bond donors (Lipinski definition) is 0. The summed E-state index contributed by atoms with van der Waals surface area (Å²) < 4.78 is 101. The smallest absolute Gasteiger partial charge is 0.268 e. The maximum Gasteiger partial charge on any atom is 0.268 e. The zero-order valence-corrected chi connectivity index (χ0v) is 43.7. The van der Waals surface area contributed by atoms with Gasteiger partial charge in [0.05, 0.1) is 30.4 Å². The summed E-state index contributed by atoms with van der Waals surface area (Å²) in [7, 11) is 0. The number of benzene rings is 10. The third-order valence-corrected chi connectivity index (χ3v) is 13.6. The minimum absolute atomic E-state index is 0. The molecule has 0 unspecified atom stereocenters. The van der Waals surface area contributed by atoms with E-state index in [1.807, 2.05) is 109 Å². The van der Waals surface area contributed by atoms with Gasteiger partial charge in [-0.05, 0) is 90.8 Å². The number of para-hydroxylation sites is 4. The van der Waals surface area contributed by atoms with Crippen LogP contribution in [0, 0.1) is 18.5 Å². The SMILES string of the molecule is [2H]c1c([2H])c([2H])c(-c2cccc(-c3c([2H])c([2H])c([2H])c([2H])c3[2H])c2-[n+]2[c-]n(-c3[c-]c(Oc4[c-]c5c(cc4)c4ccccc4n5-c4cc(C(C)(C)C)ccn4)c(-c4cc(-c5ccccc5)cc(-c5ccccc5)c4)cc3)c3ccccc32)c([2H])c1[2H].[Pt]. The van der Waals surface area contributed by atoms with Crippen molar-refractivity contribution >= 4 is 32.8 Å². The van der Waals surface area contributed by atoms with Crippen LogP contribution in [0.15, 0.2) is 249 Å². The minimum atomic E-state index is -0.583. The molecule has 0 fully saturated rings. The molecule has 0 bridgehead atoms. The summed E-state index contributed by atoms with van der Waals surface area (Å²) in [5.74, 6) is 1.47. The molecule has 13 rings (SSSR count). The molecule has 0 radical (unpaired) electrons. The molecule has 3 heterocycles. The number of rotatable bonds is 10. The van der Waals surface area contributed by atoms with Crippen LogP contribution in [0.1, 0.15) is 40.0 Å². The van der Waals surface area contributed by atoms with Crippen molar-refractivity contribution in [2.45, 2.75) is 26.2 Å². The molecule has 0 aliphatic carbocycles. The predicted molar refractivity (Wildman–Crippen MR) is 306 cm³/mol. The molecule has 0 N–H and O–H groups in total. The number of nitrogens with zero attached hydrogens (tertiary/aromatic N) is 4. The molecule has 0 spiro atoms. The Morgan fingerprint density at radius 2 is 1.12 bits per heavy atom. The van der Waals surface area contributed by atoms with E-state index < -0.39 is 60.4 Å². The van der Waals surface area contributed by atoms with Crippen LogP contribution in [0.4, 0.5) is 0 Å². The van der Waals surface area contributed by atoms with Crippen molar-refractivity contribution in [2.75, 3.05) is 0 Å². The van der Waals surface area contributed by atoms with Gasteiger partial charge in [-0.2, -0.15) is 18.2 Å². The summed E-state index contributed by atoms with van der Waals surface area (Å²) in [5.41, 5.74) is 9.87. The molecule has 0 saturated carbocycles. The summed E-state index contributed by atoms with van der Waals surface area (Å²) >= 11 is 0. The summed E-state index contributed by atoms with van der Waals surface area (Å²) in [5, 5.41) is 1.98. The standard InChI is InChI=1S/C70H50N4O.Pt/c1-70(2,3)55-39-40-71-68(44-55)74-63-32-17-16-29-61(63)62-38-36-57(46-66(62)74)75-67-45-56(35-37-58(67)54-42-52(48-21-8-4-9-22-48)41-53(43-54)49-23-10-5-11-24-49)72-47-73(65-34-19-18-33-64(65)72)69-59(50-25-12-6-13-26-50)30-20-31-60(69)51-27-14-7-15-28-51;/h4-44H,1-3H3;/q-2;/i6D,7D,12D,13D,14D,15D,25D,26D,27D,28D;. The minimum Gasteiger partial charge on any atom is -0.509 e.